The van der Waals surface area contributed by atoms with E-state index in [2.05, 4.69) is 6.07 Å². The number of benzene rings is 2. The number of hydrogen-bond donors (Lipinski definition) is 0. The zero-order valence-corrected chi connectivity index (χ0v) is 12.0. The lowest BCUT2D eigenvalue weighted by molar-refractivity contribution is 0.344. The maximum atomic E-state index is 13.0. The molecule has 0 spiro atoms. The number of thioether (sulfide) groups is 1. The molecular formula is C16H13F2NOS. The van der Waals surface area contributed by atoms with Crippen LogP contribution in [-0.2, 0) is 6.42 Å². The van der Waals surface area contributed by atoms with Crippen LogP contribution >= 0.6 is 11.8 Å². The van der Waals surface area contributed by atoms with Crippen molar-refractivity contribution in [1.29, 1.82) is 5.26 Å². The predicted molar refractivity (Wildman–Crippen MR) is 78.3 cm³/mol. The molecular weight excluding hydrogens is 292 g/mol. The first kappa shape index (κ1) is 15.3. The third kappa shape index (κ3) is 4.76. The van der Waals surface area contributed by atoms with Gasteiger partial charge >= 0.3 is 0 Å². The van der Waals surface area contributed by atoms with E-state index in [0.29, 0.717) is 23.7 Å². The van der Waals surface area contributed by atoms with Gasteiger partial charge in [0.15, 0.2) is 11.6 Å². The van der Waals surface area contributed by atoms with Crippen LogP contribution < -0.4 is 4.74 Å². The standard InChI is InChI=1S/C16H13F2NOS/c17-15-6-5-14(11-16(15)18)21-10-9-20-13-3-1-12(2-4-13)7-8-19/h1-6,11H,7,9-10H2. The lowest BCUT2D eigenvalue weighted by atomic mass is 10.2. The molecule has 0 aliphatic carbocycles. The average molecular weight is 305 g/mol. The second kappa shape index (κ2) is 7.65. The van der Waals surface area contributed by atoms with E-state index in [1.54, 1.807) is 6.07 Å². The lowest BCUT2D eigenvalue weighted by Crippen LogP contribution is -2.00. The second-order valence-electron chi connectivity index (χ2n) is 4.25. The molecule has 0 radical (unpaired) electrons. The van der Waals surface area contributed by atoms with Crippen LogP contribution in [0.2, 0.25) is 0 Å². The molecule has 2 nitrogen and oxygen atoms in total. The van der Waals surface area contributed by atoms with Gasteiger partial charge in [0, 0.05) is 10.6 Å². The Bertz CT molecular complexity index is 638. The van der Waals surface area contributed by atoms with Gasteiger partial charge in [-0.05, 0) is 35.9 Å². The normalized spacial score (nSPS) is 10.1. The molecule has 2 aromatic carbocycles. The van der Waals surface area contributed by atoms with Crippen LogP contribution in [0.15, 0.2) is 47.4 Å². The minimum Gasteiger partial charge on any atom is -0.493 e. The van der Waals surface area contributed by atoms with E-state index in [9.17, 15) is 8.78 Å². The van der Waals surface area contributed by atoms with E-state index in [4.69, 9.17) is 10.00 Å². The van der Waals surface area contributed by atoms with E-state index in [1.165, 1.54) is 17.8 Å². The van der Waals surface area contributed by atoms with Gasteiger partial charge in [0.05, 0.1) is 19.1 Å². The minimum absolute atomic E-state index is 0.381. The van der Waals surface area contributed by atoms with Gasteiger partial charge in [-0.25, -0.2) is 8.78 Å². The molecule has 0 unspecified atom stereocenters. The van der Waals surface area contributed by atoms with Crippen LogP contribution in [0.3, 0.4) is 0 Å². The smallest absolute Gasteiger partial charge is 0.159 e. The minimum atomic E-state index is -0.840. The number of halogens is 2. The highest BCUT2D eigenvalue weighted by Gasteiger charge is 2.03. The third-order valence-electron chi connectivity index (χ3n) is 2.72. The fourth-order valence-corrected chi connectivity index (χ4v) is 2.43. The van der Waals surface area contributed by atoms with Crippen molar-refractivity contribution in [1.82, 2.24) is 0 Å². The van der Waals surface area contributed by atoms with Crippen molar-refractivity contribution in [2.45, 2.75) is 11.3 Å². The maximum Gasteiger partial charge on any atom is 0.159 e. The van der Waals surface area contributed by atoms with Crippen LogP contribution in [0.4, 0.5) is 8.78 Å². The Labute approximate surface area is 126 Å². The first-order valence-corrected chi connectivity index (χ1v) is 7.34. The van der Waals surface area contributed by atoms with Crippen LogP contribution in [0.1, 0.15) is 5.56 Å². The largest absolute Gasteiger partial charge is 0.493 e. The monoisotopic (exact) mass is 305 g/mol. The van der Waals surface area contributed by atoms with Gasteiger partial charge in [0.25, 0.3) is 0 Å². The van der Waals surface area contributed by atoms with E-state index >= 15 is 0 Å². The summed E-state index contributed by atoms with van der Waals surface area (Å²) < 4.78 is 31.3. The first-order chi connectivity index (χ1) is 10.2. The summed E-state index contributed by atoms with van der Waals surface area (Å²) in [6.45, 7) is 0.460. The molecule has 0 atom stereocenters. The van der Waals surface area contributed by atoms with Crippen molar-refractivity contribution in [3.63, 3.8) is 0 Å². The molecule has 0 saturated heterocycles. The topological polar surface area (TPSA) is 33.0 Å². The molecule has 108 valence electrons. The van der Waals surface area contributed by atoms with Crippen LogP contribution in [0, 0.1) is 23.0 Å². The van der Waals surface area contributed by atoms with Gasteiger partial charge in [-0.3, -0.25) is 0 Å². The molecule has 21 heavy (non-hydrogen) atoms. The molecule has 0 bridgehead atoms. The van der Waals surface area contributed by atoms with Crippen molar-refractivity contribution in [2.24, 2.45) is 0 Å². The molecule has 0 aliphatic rings. The van der Waals surface area contributed by atoms with Crippen molar-refractivity contribution in [3.05, 3.63) is 59.7 Å². The summed E-state index contributed by atoms with van der Waals surface area (Å²) in [6, 6.07) is 13.2. The summed E-state index contributed by atoms with van der Waals surface area (Å²) in [6.07, 6.45) is 0.381. The fourth-order valence-electron chi connectivity index (χ4n) is 1.68. The predicted octanol–water partition coefficient (Wildman–Crippen LogP) is 4.20. The van der Waals surface area contributed by atoms with E-state index in [-0.39, 0.29) is 0 Å². The zero-order valence-electron chi connectivity index (χ0n) is 11.2. The first-order valence-electron chi connectivity index (χ1n) is 6.35. The highest BCUT2D eigenvalue weighted by Crippen LogP contribution is 2.20. The van der Waals surface area contributed by atoms with Crippen molar-refractivity contribution >= 4 is 11.8 Å². The number of nitrogens with zero attached hydrogens (tertiary/aromatic N) is 1. The molecule has 2 aromatic rings. The van der Waals surface area contributed by atoms with Crippen LogP contribution in [0.25, 0.3) is 0 Å². The Morgan fingerprint density at radius 2 is 1.81 bits per heavy atom. The lowest BCUT2D eigenvalue weighted by Gasteiger charge is -2.06. The Kier molecular flexibility index (Phi) is 5.59. The van der Waals surface area contributed by atoms with Crippen molar-refractivity contribution < 1.29 is 13.5 Å². The molecule has 0 fully saturated rings. The average Bonchev–Trinajstić information content (AvgIpc) is 2.49. The highest BCUT2D eigenvalue weighted by molar-refractivity contribution is 7.99. The van der Waals surface area contributed by atoms with Gasteiger partial charge < -0.3 is 4.74 Å². The number of ether oxygens (including phenoxy) is 1. The summed E-state index contributed by atoms with van der Waals surface area (Å²) in [4.78, 5) is 0.668. The summed E-state index contributed by atoms with van der Waals surface area (Å²) in [5.41, 5.74) is 0.945. The van der Waals surface area contributed by atoms with E-state index in [1.807, 2.05) is 24.3 Å². The number of hydrogen-bond acceptors (Lipinski definition) is 3. The SMILES string of the molecule is N#CCc1ccc(OCCSc2ccc(F)c(F)c2)cc1. The summed E-state index contributed by atoms with van der Waals surface area (Å²) in [5.74, 6) is -0.324. The van der Waals surface area contributed by atoms with Gasteiger partial charge in [0.1, 0.15) is 5.75 Å². The number of nitriles is 1. The molecule has 0 N–H and O–H groups in total. The Hall–Kier alpha value is -2.06. The molecule has 0 aliphatic heterocycles. The third-order valence-corrected chi connectivity index (χ3v) is 3.68. The maximum absolute atomic E-state index is 13.0. The summed E-state index contributed by atoms with van der Waals surface area (Å²) in [7, 11) is 0. The van der Waals surface area contributed by atoms with Gasteiger partial charge in [-0.15, -0.1) is 11.8 Å². The van der Waals surface area contributed by atoms with Gasteiger partial charge in [-0.2, -0.15) is 5.26 Å². The van der Waals surface area contributed by atoms with Crippen molar-refractivity contribution in [3.8, 4) is 11.8 Å². The fraction of sp³-hybridized carbons (Fsp3) is 0.188. The second-order valence-corrected chi connectivity index (χ2v) is 5.42. The molecule has 2 rings (SSSR count). The Balaban J connectivity index is 1.76. The van der Waals surface area contributed by atoms with Crippen LogP contribution in [-0.4, -0.2) is 12.4 Å². The Morgan fingerprint density at radius 3 is 2.48 bits per heavy atom. The summed E-state index contributed by atoms with van der Waals surface area (Å²) in [5, 5.41) is 8.57. The Morgan fingerprint density at radius 1 is 1.05 bits per heavy atom. The van der Waals surface area contributed by atoms with Crippen LogP contribution in [0.5, 0.6) is 5.75 Å². The van der Waals surface area contributed by atoms with E-state index < -0.39 is 11.6 Å². The highest BCUT2D eigenvalue weighted by atomic mass is 32.2. The van der Waals surface area contributed by atoms with Crippen molar-refractivity contribution in [2.75, 3.05) is 12.4 Å². The number of rotatable bonds is 6. The molecule has 0 saturated carbocycles. The zero-order chi connectivity index (χ0) is 15.1. The molecule has 0 aromatic heterocycles. The molecule has 0 heterocycles. The van der Waals surface area contributed by atoms with E-state index in [0.717, 1.165) is 17.4 Å². The summed E-state index contributed by atoms with van der Waals surface area (Å²) >= 11 is 1.40. The van der Waals surface area contributed by atoms with Gasteiger partial charge in [-0.1, -0.05) is 12.1 Å². The molecule has 0 amide bonds. The van der Waals surface area contributed by atoms with Gasteiger partial charge in [0.2, 0.25) is 0 Å². The molecule has 5 heteroatoms. The quantitative estimate of drug-likeness (QED) is 0.592.